The monoisotopic (exact) mass is 481 g/mol. The molecule has 32 heavy (non-hydrogen) atoms. The van der Waals surface area contributed by atoms with Gasteiger partial charge in [-0.25, -0.2) is 14.5 Å². The van der Waals surface area contributed by atoms with Gasteiger partial charge >= 0.3 is 0 Å². The van der Waals surface area contributed by atoms with E-state index in [0.717, 1.165) is 44.9 Å². The maximum atomic E-state index is 13.2. The fraction of sp³-hybridized carbons (Fsp3) is 0.600. The standard InChI is InChI=1S/C20H28ClN7O3S/c21-15-6-9-18(23-11-15)19-13-28(26-25-19)16-7-4-14(5-8-16)20(29)27-10-2-1-3-17(27)12-24-32(22,30)31/h6,9,11,13-14,16-17,24H,1-5,7-8,10,12H2,(H2,22,30,31). The zero-order valence-corrected chi connectivity index (χ0v) is 19.3. The van der Waals surface area contributed by atoms with Crippen LogP contribution in [0.25, 0.3) is 11.4 Å². The molecule has 0 radical (unpaired) electrons. The number of rotatable bonds is 6. The summed E-state index contributed by atoms with van der Waals surface area (Å²) in [5, 5.41) is 14.2. The van der Waals surface area contributed by atoms with E-state index in [9.17, 15) is 13.2 Å². The summed E-state index contributed by atoms with van der Waals surface area (Å²) in [7, 11) is -3.77. The van der Waals surface area contributed by atoms with Crippen molar-refractivity contribution in [1.82, 2.24) is 29.6 Å². The maximum Gasteiger partial charge on any atom is 0.274 e. The van der Waals surface area contributed by atoms with Crippen molar-refractivity contribution in [1.29, 1.82) is 0 Å². The van der Waals surface area contributed by atoms with Crippen LogP contribution in [0.5, 0.6) is 0 Å². The smallest absolute Gasteiger partial charge is 0.274 e. The van der Waals surface area contributed by atoms with Gasteiger partial charge in [0, 0.05) is 31.2 Å². The van der Waals surface area contributed by atoms with Crippen LogP contribution in [-0.2, 0) is 15.0 Å². The van der Waals surface area contributed by atoms with E-state index >= 15 is 0 Å². The van der Waals surface area contributed by atoms with Crippen molar-refractivity contribution in [3.63, 3.8) is 0 Å². The summed E-state index contributed by atoms with van der Waals surface area (Å²) in [5.41, 5.74) is 1.41. The van der Waals surface area contributed by atoms with E-state index in [1.54, 1.807) is 12.3 Å². The minimum Gasteiger partial charge on any atom is -0.338 e. The second-order valence-electron chi connectivity index (χ2n) is 8.53. The van der Waals surface area contributed by atoms with Crippen molar-refractivity contribution in [2.45, 2.75) is 57.0 Å². The van der Waals surface area contributed by atoms with Crippen molar-refractivity contribution in [2.75, 3.05) is 13.1 Å². The Morgan fingerprint density at radius 3 is 2.62 bits per heavy atom. The number of carbonyl (C=O) groups is 1. The van der Waals surface area contributed by atoms with Crippen LogP contribution in [0, 0.1) is 5.92 Å². The number of hydrogen-bond acceptors (Lipinski definition) is 6. The third-order valence-corrected chi connectivity index (χ3v) is 7.14. The number of hydrogen-bond donors (Lipinski definition) is 2. The van der Waals surface area contributed by atoms with Crippen LogP contribution in [-0.4, -0.2) is 58.3 Å². The van der Waals surface area contributed by atoms with Crippen molar-refractivity contribution in [2.24, 2.45) is 11.1 Å². The normalized spacial score (nSPS) is 24.4. The van der Waals surface area contributed by atoms with E-state index in [0.29, 0.717) is 23.0 Å². The quantitative estimate of drug-likeness (QED) is 0.646. The lowest BCUT2D eigenvalue weighted by molar-refractivity contribution is -0.140. The molecule has 10 nitrogen and oxygen atoms in total. The first kappa shape index (κ1) is 23.1. The summed E-state index contributed by atoms with van der Waals surface area (Å²) < 4.78 is 26.8. The van der Waals surface area contributed by atoms with Crippen LogP contribution >= 0.6 is 11.6 Å². The van der Waals surface area contributed by atoms with Gasteiger partial charge in [0.05, 0.1) is 23.0 Å². The van der Waals surface area contributed by atoms with E-state index < -0.39 is 10.2 Å². The SMILES string of the molecule is NS(=O)(=O)NCC1CCCCN1C(=O)C1CCC(n2cc(-c3ccc(Cl)cn3)nn2)CC1. The minimum absolute atomic E-state index is 0.0535. The van der Waals surface area contributed by atoms with Crippen LogP contribution in [0.1, 0.15) is 51.0 Å². The molecule has 1 aliphatic heterocycles. The van der Waals surface area contributed by atoms with Crippen molar-refractivity contribution in [3.05, 3.63) is 29.5 Å². The number of nitrogens with two attached hydrogens (primary N) is 1. The van der Waals surface area contributed by atoms with Crippen LogP contribution in [0.15, 0.2) is 24.5 Å². The number of piperidine rings is 1. The Hall–Kier alpha value is -2.08. The van der Waals surface area contributed by atoms with Crippen LogP contribution in [0.3, 0.4) is 0 Å². The third kappa shape index (κ3) is 5.64. The van der Waals surface area contributed by atoms with Gasteiger partial charge < -0.3 is 4.90 Å². The minimum atomic E-state index is -3.77. The summed E-state index contributed by atoms with van der Waals surface area (Å²) in [6.45, 7) is 0.830. The van der Waals surface area contributed by atoms with Gasteiger partial charge in [0.15, 0.2) is 0 Å². The second-order valence-corrected chi connectivity index (χ2v) is 10.3. The average molecular weight is 482 g/mol. The Bertz CT molecular complexity index is 1040. The molecule has 2 aliphatic rings. The number of nitrogens with zero attached hydrogens (tertiary/aromatic N) is 5. The molecule has 1 saturated heterocycles. The van der Waals surface area contributed by atoms with Crippen LogP contribution < -0.4 is 9.86 Å². The lowest BCUT2D eigenvalue weighted by atomic mass is 9.84. The molecule has 0 aromatic carbocycles. The molecule has 0 spiro atoms. The van der Waals surface area contributed by atoms with Crippen molar-refractivity contribution in [3.8, 4) is 11.4 Å². The zero-order valence-electron chi connectivity index (χ0n) is 17.7. The first-order chi connectivity index (χ1) is 15.3. The number of aromatic nitrogens is 4. The van der Waals surface area contributed by atoms with E-state index in [-0.39, 0.29) is 30.5 Å². The molecule has 3 N–H and O–H groups in total. The number of pyridine rings is 1. The molecule has 1 amide bonds. The summed E-state index contributed by atoms with van der Waals surface area (Å²) in [6, 6.07) is 3.63. The van der Waals surface area contributed by atoms with Gasteiger partial charge in [-0.3, -0.25) is 9.78 Å². The number of likely N-dealkylation sites (tertiary alicyclic amines) is 1. The van der Waals surface area contributed by atoms with Gasteiger partial charge in [-0.05, 0) is 57.1 Å². The Morgan fingerprint density at radius 2 is 1.94 bits per heavy atom. The van der Waals surface area contributed by atoms with E-state index in [4.69, 9.17) is 16.7 Å². The molecule has 2 aromatic heterocycles. The highest BCUT2D eigenvalue weighted by molar-refractivity contribution is 7.87. The Balaban J connectivity index is 1.34. The van der Waals surface area contributed by atoms with Gasteiger partial charge in [-0.1, -0.05) is 16.8 Å². The van der Waals surface area contributed by atoms with Gasteiger partial charge in [-0.15, -0.1) is 5.10 Å². The average Bonchev–Trinajstić information content (AvgIpc) is 3.28. The van der Waals surface area contributed by atoms with Gasteiger partial charge in [0.2, 0.25) is 5.91 Å². The lowest BCUT2D eigenvalue weighted by Gasteiger charge is -2.39. The highest BCUT2D eigenvalue weighted by Crippen LogP contribution is 2.34. The highest BCUT2D eigenvalue weighted by atomic mass is 35.5. The molecule has 174 valence electrons. The van der Waals surface area contributed by atoms with E-state index in [2.05, 4.69) is 20.0 Å². The fourth-order valence-electron chi connectivity index (χ4n) is 4.64. The van der Waals surface area contributed by atoms with Crippen molar-refractivity contribution >= 4 is 27.7 Å². The predicted molar refractivity (Wildman–Crippen MR) is 120 cm³/mol. The van der Waals surface area contributed by atoms with E-state index in [1.807, 2.05) is 21.8 Å². The summed E-state index contributed by atoms with van der Waals surface area (Å²) >= 11 is 5.90. The molecule has 2 fully saturated rings. The zero-order chi connectivity index (χ0) is 22.7. The van der Waals surface area contributed by atoms with Gasteiger partial charge in [-0.2, -0.15) is 8.42 Å². The summed E-state index contributed by atoms with van der Waals surface area (Å²) in [4.78, 5) is 19.3. The first-order valence-electron chi connectivity index (χ1n) is 10.9. The molecular formula is C20H28ClN7O3S. The fourth-order valence-corrected chi connectivity index (χ4v) is 5.17. The largest absolute Gasteiger partial charge is 0.338 e. The lowest BCUT2D eigenvalue weighted by Crippen LogP contribution is -2.52. The Labute approximate surface area is 192 Å². The maximum absolute atomic E-state index is 13.2. The molecule has 1 saturated carbocycles. The third-order valence-electron chi connectivity index (χ3n) is 6.35. The van der Waals surface area contributed by atoms with Gasteiger partial charge in [0.1, 0.15) is 5.69 Å². The highest BCUT2D eigenvalue weighted by Gasteiger charge is 2.34. The van der Waals surface area contributed by atoms with Crippen LogP contribution in [0.2, 0.25) is 5.02 Å². The molecule has 1 atom stereocenters. The first-order valence-corrected chi connectivity index (χ1v) is 12.8. The molecule has 3 heterocycles. The number of halogens is 1. The molecule has 12 heteroatoms. The topological polar surface area (TPSA) is 136 Å². The Kier molecular flexibility index (Phi) is 7.08. The van der Waals surface area contributed by atoms with Crippen LogP contribution in [0.4, 0.5) is 0 Å². The van der Waals surface area contributed by atoms with Crippen molar-refractivity contribution < 1.29 is 13.2 Å². The summed E-state index contributed by atoms with van der Waals surface area (Å²) in [6.07, 6.45) is 9.37. The number of carbonyl (C=O) groups excluding carboxylic acids is 1. The molecule has 1 unspecified atom stereocenters. The molecular weight excluding hydrogens is 454 g/mol. The molecule has 4 rings (SSSR count). The van der Waals surface area contributed by atoms with E-state index in [1.165, 1.54) is 0 Å². The second kappa shape index (κ2) is 9.82. The molecule has 2 aromatic rings. The number of amides is 1. The Morgan fingerprint density at radius 1 is 1.16 bits per heavy atom. The van der Waals surface area contributed by atoms with Gasteiger partial charge in [0.25, 0.3) is 10.2 Å². The number of nitrogens with one attached hydrogen (secondary N) is 1. The summed E-state index contributed by atoms with van der Waals surface area (Å²) in [5.74, 6) is 0.0660. The molecule has 1 aliphatic carbocycles. The molecule has 0 bridgehead atoms. The predicted octanol–water partition coefficient (Wildman–Crippen LogP) is 1.90.